The van der Waals surface area contributed by atoms with Crippen molar-refractivity contribution >= 4 is 21.8 Å². The van der Waals surface area contributed by atoms with Crippen LogP contribution in [0.4, 0.5) is 0 Å². The van der Waals surface area contributed by atoms with Crippen molar-refractivity contribution in [2.75, 3.05) is 0 Å². The Morgan fingerprint density at radius 3 is 1.51 bits per heavy atom. The molecule has 0 N–H and O–H groups in total. The van der Waals surface area contributed by atoms with Crippen LogP contribution in [-0.2, 0) is 0 Å². The molecular formula is C38H25N5. The van der Waals surface area contributed by atoms with Gasteiger partial charge in [0.2, 0.25) is 0 Å². The van der Waals surface area contributed by atoms with Crippen LogP contribution < -0.4 is 0 Å². The molecule has 0 spiro atoms. The van der Waals surface area contributed by atoms with Gasteiger partial charge in [-0.3, -0.25) is 0 Å². The molecule has 5 aromatic carbocycles. The van der Waals surface area contributed by atoms with E-state index in [-0.39, 0.29) is 0 Å². The SMILES string of the molecule is Cc1ccc(-c2ccc3c4ccc(-c5ccc(C)cc5)cc4n(-c4ccc(-c5ncc(C#N)cn5)cc4C#N)c3c2)cc1. The van der Waals surface area contributed by atoms with Crippen molar-refractivity contribution in [3.8, 4) is 51.5 Å². The number of hydrogen-bond donors (Lipinski definition) is 0. The van der Waals surface area contributed by atoms with Crippen LogP contribution in [0.1, 0.15) is 22.3 Å². The van der Waals surface area contributed by atoms with E-state index in [1.807, 2.05) is 24.3 Å². The lowest BCUT2D eigenvalue weighted by Crippen LogP contribution is -1.99. The maximum absolute atomic E-state index is 10.4. The molecule has 43 heavy (non-hydrogen) atoms. The Morgan fingerprint density at radius 2 is 1.02 bits per heavy atom. The minimum absolute atomic E-state index is 0.389. The maximum atomic E-state index is 10.4. The van der Waals surface area contributed by atoms with Crippen molar-refractivity contribution < 1.29 is 0 Å². The lowest BCUT2D eigenvalue weighted by atomic mass is 10.0. The summed E-state index contributed by atoms with van der Waals surface area (Å²) in [6.07, 6.45) is 2.99. The Balaban J connectivity index is 1.48. The molecule has 0 aliphatic heterocycles. The lowest BCUT2D eigenvalue weighted by Gasteiger charge is -2.13. The van der Waals surface area contributed by atoms with Crippen LogP contribution in [0.5, 0.6) is 0 Å². The third-order valence-corrected chi connectivity index (χ3v) is 7.93. The number of nitriles is 2. The van der Waals surface area contributed by atoms with Gasteiger partial charge >= 0.3 is 0 Å². The van der Waals surface area contributed by atoms with Crippen molar-refractivity contribution in [1.29, 1.82) is 10.5 Å². The summed E-state index contributed by atoms with van der Waals surface area (Å²) in [4.78, 5) is 8.68. The summed E-state index contributed by atoms with van der Waals surface area (Å²) in [6.45, 7) is 4.18. The Bertz CT molecular complexity index is 2140. The summed E-state index contributed by atoms with van der Waals surface area (Å²) in [5, 5.41) is 21.7. The Hall–Kier alpha value is -6.04. The highest BCUT2D eigenvalue weighted by atomic mass is 15.0. The summed E-state index contributed by atoms with van der Waals surface area (Å²) in [5.41, 5.74) is 11.4. The standard InChI is InChI=1S/C38H25N5/c1-24-3-7-27(8-4-24)29-11-14-33-34-15-12-30(28-9-5-25(2)6-10-28)19-37(34)43(36(33)18-29)35-16-13-31(17-32(35)21-40)38-41-22-26(20-39)23-42-38/h3-19,22-23H,1-2H3. The molecule has 5 nitrogen and oxygen atoms in total. The zero-order valence-electron chi connectivity index (χ0n) is 23.7. The first-order valence-corrected chi connectivity index (χ1v) is 14.0. The van der Waals surface area contributed by atoms with Crippen molar-refractivity contribution in [2.24, 2.45) is 0 Å². The number of hydrogen-bond acceptors (Lipinski definition) is 4. The fraction of sp³-hybridized carbons (Fsp3) is 0.0526. The van der Waals surface area contributed by atoms with Crippen molar-refractivity contribution in [3.05, 3.63) is 138 Å². The molecule has 2 aromatic heterocycles. The topological polar surface area (TPSA) is 78.3 Å². The van der Waals surface area contributed by atoms with E-state index in [9.17, 15) is 5.26 Å². The fourth-order valence-electron chi connectivity index (χ4n) is 5.62. The average Bonchev–Trinajstić information content (AvgIpc) is 3.38. The first kappa shape index (κ1) is 25.9. The van der Waals surface area contributed by atoms with Crippen LogP contribution in [-0.4, -0.2) is 14.5 Å². The molecule has 2 heterocycles. The van der Waals surface area contributed by atoms with Crippen LogP contribution in [0.25, 0.3) is 61.1 Å². The van der Waals surface area contributed by atoms with Crippen LogP contribution in [0.2, 0.25) is 0 Å². The van der Waals surface area contributed by atoms with Gasteiger partial charge in [0.05, 0.1) is 27.8 Å². The summed E-state index contributed by atoms with van der Waals surface area (Å²) in [5.74, 6) is 0.465. The largest absolute Gasteiger partial charge is 0.308 e. The van der Waals surface area contributed by atoms with Gasteiger partial charge in [-0.25, -0.2) is 9.97 Å². The van der Waals surface area contributed by atoms with Crippen LogP contribution in [0.3, 0.4) is 0 Å². The monoisotopic (exact) mass is 551 g/mol. The third-order valence-electron chi connectivity index (χ3n) is 7.93. The molecule has 0 amide bonds. The zero-order chi connectivity index (χ0) is 29.5. The van der Waals surface area contributed by atoms with Gasteiger partial charge in [0.25, 0.3) is 0 Å². The van der Waals surface area contributed by atoms with Gasteiger partial charge in [-0.05, 0) is 66.4 Å². The van der Waals surface area contributed by atoms with Gasteiger partial charge in [-0.2, -0.15) is 10.5 Å². The average molecular weight is 552 g/mol. The Labute approximate surface area is 249 Å². The first-order chi connectivity index (χ1) is 21.0. The minimum Gasteiger partial charge on any atom is -0.308 e. The van der Waals surface area contributed by atoms with Crippen LogP contribution >= 0.6 is 0 Å². The van der Waals surface area contributed by atoms with Gasteiger partial charge in [-0.15, -0.1) is 0 Å². The Morgan fingerprint density at radius 1 is 0.535 bits per heavy atom. The molecular weight excluding hydrogens is 526 g/mol. The maximum Gasteiger partial charge on any atom is 0.159 e. The van der Waals surface area contributed by atoms with Gasteiger partial charge < -0.3 is 4.57 Å². The van der Waals surface area contributed by atoms with Crippen LogP contribution in [0, 0.1) is 36.5 Å². The van der Waals surface area contributed by atoms with E-state index in [1.165, 1.54) is 23.5 Å². The van der Waals surface area contributed by atoms with Crippen molar-refractivity contribution in [2.45, 2.75) is 13.8 Å². The molecule has 5 heteroatoms. The minimum atomic E-state index is 0.389. The van der Waals surface area contributed by atoms with Crippen LogP contribution in [0.15, 0.2) is 116 Å². The molecule has 202 valence electrons. The fourth-order valence-corrected chi connectivity index (χ4v) is 5.62. The molecule has 0 bridgehead atoms. The van der Waals surface area contributed by atoms with E-state index in [2.05, 4.69) is 119 Å². The number of rotatable bonds is 4. The Kier molecular flexibility index (Phi) is 6.27. The zero-order valence-corrected chi connectivity index (χ0v) is 23.7. The van der Waals surface area contributed by atoms with Crippen molar-refractivity contribution in [1.82, 2.24) is 14.5 Å². The second kappa shape index (κ2) is 10.4. The number of aromatic nitrogens is 3. The molecule has 0 atom stereocenters. The van der Waals surface area contributed by atoms with E-state index < -0.39 is 0 Å². The second-order valence-electron chi connectivity index (χ2n) is 10.8. The quantitative estimate of drug-likeness (QED) is 0.219. The molecule has 0 radical (unpaired) electrons. The van der Waals surface area contributed by atoms with E-state index in [0.29, 0.717) is 22.5 Å². The van der Waals surface area contributed by atoms with E-state index in [4.69, 9.17) is 5.26 Å². The highest BCUT2D eigenvalue weighted by Gasteiger charge is 2.18. The molecule has 0 saturated carbocycles. The summed E-state index contributed by atoms with van der Waals surface area (Å²) in [7, 11) is 0. The molecule has 0 aliphatic rings. The van der Waals surface area contributed by atoms with E-state index in [0.717, 1.165) is 49.7 Å². The predicted octanol–water partition coefficient (Wildman–Crippen LogP) is 8.93. The highest BCUT2D eigenvalue weighted by molar-refractivity contribution is 6.11. The molecule has 0 unspecified atom stereocenters. The van der Waals surface area contributed by atoms with Gasteiger partial charge in [-0.1, -0.05) is 83.9 Å². The third kappa shape index (κ3) is 4.60. The van der Waals surface area contributed by atoms with Gasteiger partial charge in [0.15, 0.2) is 5.82 Å². The van der Waals surface area contributed by atoms with E-state index in [1.54, 1.807) is 0 Å². The lowest BCUT2D eigenvalue weighted by molar-refractivity contribution is 1.14. The first-order valence-electron chi connectivity index (χ1n) is 14.0. The molecule has 0 saturated heterocycles. The number of benzene rings is 5. The normalized spacial score (nSPS) is 11.0. The number of fused-ring (bicyclic) bond motifs is 3. The molecule has 0 aliphatic carbocycles. The van der Waals surface area contributed by atoms with Gasteiger partial charge in [0.1, 0.15) is 12.1 Å². The van der Waals surface area contributed by atoms with Gasteiger partial charge in [0, 0.05) is 28.7 Å². The smallest absolute Gasteiger partial charge is 0.159 e. The highest BCUT2D eigenvalue weighted by Crippen LogP contribution is 2.38. The predicted molar refractivity (Wildman–Crippen MR) is 172 cm³/mol. The summed E-state index contributed by atoms with van der Waals surface area (Å²) < 4.78 is 2.20. The number of aryl methyl sites for hydroxylation is 2. The molecule has 0 fully saturated rings. The molecule has 7 aromatic rings. The van der Waals surface area contributed by atoms with Crippen molar-refractivity contribution in [3.63, 3.8) is 0 Å². The second-order valence-corrected chi connectivity index (χ2v) is 10.8. The summed E-state index contributed by atoms with van der Waals surface area (Å²) in [6, 6.07) is 40.4. The van der Waals surface area contributed by atoms with E-state index >= 15 is 0 Å². The molecule has 7 rings (SSSR count). The number of nitrogens with zero attached hydrogens (tertiary/aromatic N) is 5. The summed E-state index contributed by atoms with van der Waals surface area (Å²) >= 11 is 0.